The Morgan fingerprint density at radius 1 is 1.30 bits per heavy atom. The van der Waals surface area contributed by atoms with Crippen LogP contribution in [0.2, 0.25) is 0 Å². The van der Waals surface area contributed by atoms with E-state index in [1.807, 2.05) is 19.1 Å². The number of halogens is 1. The summed E-state index contributed by atoms with van der Waals surface area (Å²) in [4.78, 5) is 23.5. The Bertz CT molecular complexity index is 510. The lowest BCUT2D eigenvalue weighted by Gasteiger charge is -2.28. The van der Waals surface area contributed by atoms with E-state index >= 15 is 0 Å². The molecule has 1 saturated carbocycles. The summed E-state index contributed by atoms with van der Waals surface area (Å²) in [6.07, 6.45) is 3.31. The maximum Gasteiger partial charge on any atom is 0.251 e. The van der Waals surface area contributed by atoms with Gasteiger partial charge in [0.25, 0.3) is 5.91 Å². The second-order valence-electron chi connectivity index (χ2n) is 5.45. The summed E-state index contributed by atoms with van der Waals surface area (Å²) < 4.78 is 0.890. The number of nitrogens with one attached hydrogen (secondary N) is 1. The zero-order chi connectivity index (χ0) is 14.7. The fourth-order valence-electron chi connectivity index (χ4n) is 2.72. The highest BCUT2D eigenvalue weighted by molar-refractivity contribution is 9.10. The summed E-state index contributed by atoms with van der Waals surface area (Å²) in [6, 6.07) is 5.65. The lowest BCUT2D eigenvalue weighted by atomic mass is 9.85. The molecule has 1 aromatic rings. The Hall–Kier alpha value is -1.36. The van der Waals surface area contributed by atoms with Crippen LogP contribution in [0.1, 0.15) is 41.6 Å². The standard InChI is InChI=1S/C15H19BrN2O2/c1-9-5-11(7-12(16)6-9)15(20)18-13-4-2-3-10(8-13)14(17)19/h5-7,10,13H,2-4,8H2,1H3,(H2,17,19)(H,18,20)/t10-,13-/m1/s1. The van der Waals surface area contributed by atoms with E-state index in [0.717, 1.165) is 29.3 Å². The molecular weight excluding hydrogens is 320 g/mol. The van der Waals surface area contributed by atoms with Crippen molar-refractivity contribution in [2.75, 3.05) is 0 Å². The summed E-state index contributed by atoms with van der Waals surface area (Å²) in [6.45, 7) is 1.95. The first-order valence-corrected chi connectivity index (χ1v) is 7.62. The van der Waals surface area contributed by atoms with Crippen LogP contribution < -0.4 is 11.1 Å². The first-order chi connectivity index (χ1) is 9.45. The maximum absolute atomic E-state index is 12.2. The molecule has 0 heterocycles. The van der Waals surface area contributed by atoms with E-state index in [0.29, 0.717) is 12.0 Å². The minimum Gasteiger partial charge on any atom is -0.369 e. The minimum absolute atomic E-state index is 0.0352. The van der Waals surface area contributed by atoms with Crippen LogP contribution >= 0.6 is 15.9 Å². The number of carbonyl (C=O) groups is 2. The number of hydrogen-bond donors (Lipinski definition) is 2. The summed E-state index contributed by atoms with van der Waals surface area (Å²) >= 11 is 3.39. The summed E-state index contributed by atoms with van der Waals surface area (Å²) in [5, 5.41) is 3.01. The molecule has 1 aromatic carbocycles. The molecule has 3 N–H and O–H groups in total. The molecule has 0 aromatic heterocycles. The number of rotatable bonds is 3. The molecule has 2 atom stereocenters. The van der Waals surface area contributed by atoms with Crippen LogP contribution in [0, 0.1) is 12.8 Å². The third-order valence-electron chi connectivity index (χ3n) is 3.72. The van der Waals surface area contributed by atoms with Crippen molar-refractivity contribution >= 4 is 27.7 Å². The van der Waals surface area contributed by atoms with E-state index in [-0.39, 0.29) is 23.8 Å². The molecule has 0 aliphatic heterocycles. The smallest absolute Gasteiger partial charge is 0.251 e. The van der Waals surface area contributed by atoms with Gasteiger partial charge in [-0.1, -0.05) is 22.4 Å². The maximum atomic E-state index is 12.2. The molecule has 2 amide bonds. The average Bonchev–Trinajstić information content (AvgIpc) is 2.37. The molecule has 20 heavy (non-hydrogen) atoms. The molecule has 1 aliphatic carbocycles. The van der Waals surface area contributed by atoms with Gasteiger partial charge in [-0.3, -0.25) is 9.59 Å². The third kappa shape index (κ3) is 3.82. The number of nitrogens with two attached hydrogens (primary N) is 1. The molecule has 0 radical (unpaired) electrons. The Balaban J connectivity index is 2.02. The van der Waals surface area contributed by atoms with Crippen molar-refractivity contribution in [1.82, 2.24) is 5.32 Å². The number of carbonyl (C=O) groups excluding carboxylic acids is 2. The lowest BCUT2D eigenvalue weighted by Crippen LogP contribution is -2.41. The van der Waals surface area contributed by atoms with Gasteiger partial charge in [0, 0.05) is 22.0 Å². The normalized spacial score (nSPS) is 22.3. The summed E-state index contributed by atoms with van der Waals surface area (Å²) in [5.74, 6) is -0.468. The van der Waals surface area contributed by atoms with E-state index in [1.54, 1.807) is 6.07 Å². The SMILES string of the molecule is Cc1cc(Br)cc(C(=O)N[C@@H]2CCC[C@@H](C(N)=O)C2)c1. The average molecular weight is 339 g/mol. The number of primary amides is 1. The van der Waals surface area contributed by atoms with E-state index in [4.69, 9.17) is 5.73 Å². The second-order valence-corrected chi connectivity index (χ2v) is 6.37. The van der Waals surface area contributed by atoms with Crippen LogP contribution in [-0.4, -0.2) is 17.9 Å². The third-order valence-corrected chi connectivity index (χ3v) is 4.17. The van der Waals surface area contributed by atoms with Crippen molar-refractivity contribution in [1.29, 1.82) is 0 Å². The first kappa shape index (κ1) is 15.0. The molecule has 1 fully saturated rings. The van der Waals surface area contributed by atoms with Gasteiger partial charge in [0.15, 0.2) is 0 Å². The first-order valence-electron chi connectivity index (χ1n) is 6.83. The predicted molar refractivity (Wildman–Crippen MR) is 81.3 cm³/mol. The van der Waals surface area contributed by atoms with E-state index in [2.05, 4.69) is 21.2 Å². The van der Waals surface area contributed by atoms with Crippen molar-refractivity contribution in [3.63, 3.8) is 0 Å². The Labute approximate surface area is 127 Å². The quantitative estimate of drug-likeness (QED) is 0.888. The van der Waals surface area contributed by atoms with Gasteiger partial charge >= 0.3 is 0 Å². The van der Waals surface area contributed by atoms with Gasteiger partial charge in [-0.25, -0.2) is 0 Å². The zero-order valence-corrected chi connectivity index (χ0v) is 13.1. The van der Waals surface area contributed by atoms with Crippen LogP contribution in [0.25, 0.3) is 0 Å². The minimum atomic E-state index is -0.262. The highest BCUT2D eigenvalue weighted by Gasteiger charge is 2.26. The second kappa shape index (κ2) is 6.39. The Morgan fingerprint density at radius 3 is 2.70 bits per heavy atom. The molecule has 0 saturated heterocycles. The van der Waals surface area contributed by atoms with Gasteiger partial charge < -0.3 is 11.1 Å². The van der Waals surface area contributed by atoms with Crippen molar-refractivity contribution in [3.8, 4) is 0 Å². The highest BCUT2D eigenvalue weighted by atomic mass is 79.9. The highest BCUT2D eigenvalue weighted by Crippen LogP contribution is 2.24. The molecule has 2 rings (SSSR count). The van der Waals surface area contributed by atoms with Crippen molar-refractivity contribution < 1.29 is 9.59 Å². The molecule has 0 bridgehead atoms. The van der Waals surface area contributed by atoms with E-state index < -0.39 is 0 Å². The Kier molecular flexibility index (Phi) is 4.81. The predicted octanol–water partition coefficient (Wildman–Crippen LogP) is 2.53. The van der Waals surface area contributed by atoms with E-state index in [9.17, 15) is 9.59 Å². The van der Waals surface area contributed by atoms with Crippen LogP contribution in [0.4, 0.5) is 0 Å². The lowest BCUT2D eigenvalue weighted by molar-refractivity contribution is -0.122. The molecule has 5 heteroatoms. The molecule has 4 nitrogen and oxygen atoms in total. The fourth-order valence-corrected chi connectivity index (χ4v) is 3.32. The number of benzene rings is 1. The van der Waals surface area contributed by atoms with Crippen LogP contribution in [0.5, 0.6) is 0 Å². The molecular formula is C15H19BrN2O2. The van der Waals surface area contributed by atoms with Gasteiger partial charge in [0.05, 0.1) is 0 Å². The Morgan fingerprint density at radius 2 is 2.05 bits per heavy atom. The summed E-state index contributed by atoms with van der Waals surface area (Å²) in [7, 11) is 0. The van der Waals surface area contributed by atoms with Gasteiger partial charge in [0.2, 0.25) is 5.91 Å². The van der Waals surface area contributed by atoms with Crippen molar-refractivity contribution in [2.45, 2.75) is 38.6 Å². The topological polar surface area (TPSA) is 72.2 Å². The van der Waals surface area contributed by atoms with Crippen molar-refractivity contribution in [2.24, 2.45) is 11.7 Å². The largest absolute Gasteiger partial charge is 0.369 e. The van der Waals surface area contributed by atoms with Crippen LogP contribution in [0.3, 0.4) is 0 Å². The monoisotopic (exact) mass is 338 g/mol. The van der Waals surface area contributed by atoms with Gasteiger partial charge in [0.1, 0.15) is 0 Å². The molecule has 0 spiro atoms. The number of aryl methyl sites for hydroxylation is 1. The van der Waals surface area contributed by atoms with E-state index in [1.165, 1.54) is 0 Å². The van der Waals surface area contributed by atoms with Gasteiger partial charge in [-0.15, -0.1) is 0 Å². The fraction of sp³-hybridized carbons (Fsp3) is 0.467. The van der Waals surface area contributed by atoms with Crippen LogP contribution in [-0.2, 0) is 4.79 Å². The molecule has 1 aliphatic rings. The summed E-state index contributed by atoms with van der Waals surface area (Å²) in [5.41, 5.74) is 7.02. The number of hydrogen-bond acceptors (Lipinski definition) is 2. The molecule has 108 valence electrons. The number of amides is 2. The zero-order valence-electron chi connectivity index (χ0n) is 11.5. The van der Waals surface area contributed by atoms with Crippen LogP contribution in [0.15, 0.2) is 22.7 Å². The van der Waals surface area contributed by atoms with Crippen molar-refractivity contribution in [3.05, 3.63) is 33.8 Å². The molecule has 0 unspecified atom stereocenters. The van der Waals surface area contributed by atoms with Gasteiger partial charge in [-0.2, -0.15) is 0 Å². The van der Waals surface area contributed by atoms with Gasteiger partial charge in [-0.05, 0) is 49.9 Å².